The third-order valence-electron chi connectivity index (χ3n) is 2.95. The smallest absolute Gasteiger partial charge is 0.0474 e. The molecule has 0 unspecified atom stereocenters. The van der Waals surface area contributed by atoms with Gasteiger partial charge in [0.2, 0.25) is 0 Å². The molecule has 1 aromatic rings. The van der Waals surface area contributed by atoms with Crippen molar-refractivity contribution in [3.05, 3.63) is 28.8 Å². The van der Waals surface area contributed by atoms with Crippen LogP contribution in [0.3, 0.4) is 0 Å². The van der Waals surface area contributed by atoms with E-state index in [0.717, 1.165) is 29.1 Å². The second kappa shape index (κ2) is 7.88. The lowest BCUT2D eigenvalue weighted by Crippen LogP contribution is -2.13. The van der Waals surface area contributed by atoms with Crippen molar-refractivity contribution in [3.63, 3.8) is 0 Å². The van der Waals surface area contributed by atoms with Gasteiger partial charge < -0.3 is 10.6 Å². The lowest BCUT2D eigenvalue weighted by Gasteiger charge is -2.18. The second-order valence-corrected chi connectivity index (χ2v) is 5.59. The zero-order valence-electron chi connectivity index (χ0n) is 11.6. The van der Waals surface area contributed by atoms with Gasteiger partial charge >= 0.3 is 0 Å². The van der Waals surface area contributed by atoms with Crippen LogP contribution in [-0.4, -0.2) is 14.1 Å². The van der Waals surface area contributed by atoms with Gasteiger partial charge in [-0.15, -0.1) is 12.4 Å². The summed E-state index contributed by atoms with van der Waals surface area (Å²) in [6.07, 6.45) is 2.12. The first-order valence-corrected chi connectivity index (χ1v) is 6.52. The molecule has 2 nitrogen and oxygen atoms in total. The van der Waals surface area contributed by atoms with Crippen molar-refractivity contribution in [2.75, 3.05) is 19.0 Å². The van der Waals surface area contributed by atoms with Crippen LogP contribution in [0.1, 0.15) is 38.3 Å². The number of rotatable bonds is 5. The Morgan fingerprint density at radius 2 is 1.83 bits per heavy atom. The molecule has 2 N–H and O–H groups in total. The highest BCUT2D eigenvalue weighted by atomic mass is 35.5. The highest BCUT2D eigenvalue weighted by Gasteiger charge is 2.11. The Kier molecular flexibility index (Phi) is 7.69. The van der Waals surface area contributed by atoms with Gasteiger partial charge in [0, 0.05) is 30.8 Å². The number of halogens is 2. The zero-order chi connectivity index (χ0) is 13.0. The molecular formula is C14H24Cl2N2. The molecule has 1 atom stereocenters. The highest BCUT2D eigenvalue weighted by molar-refractivity contribution is 6.31. The Balaban J connectivity index is 0.00000289. The molecule has 0 aliphatic heterocycles. The van der Waals surface area contributed by atoms with Crippen LogP contribution in [0, 0.1) is 5.92 Å². The van der Waals surface area contributed by atoms with E-state index in [0.29, 0.717) is 5.92 Å². The lowest BCUT2D eigenvalue weighted by molar-refractivity contribution is 0.507. The van der Waals surface area contributed by atoms with Crippen LogP contribution in [0.5, 0.6) is 0 Å². The first kappa shape index (κ1) is 17.6. The van der Waals surface area contributed by atoms with Gasteiger partial charge in [-0.05, 0) is 36.5 Å². The topological polar surface area (TPSA) is 29.3 Å². The van der Waals surface area contributed by atoms with Crippen molar-refractivity contribution in [2.45, 2.75) is 32.7 Å². The van der Waals surface area contributed by atoms with E-state index in [9.17, 15) is 0 Å². The predicted octanol–water partition coefficient (Wildman–Crippen LogP) is 4.26. The van der Waals surface area contributed by atoms with Crippen LogP contribution >= 0.6 is 24.0 Å². The van der Waals surface area contributed by atoms with Crippen LogP contribution in [-0.2, 0) is 0 Å². The lowest BCUT2D eigenvalue weighted by atomic mass is 9.98. The van der Waals surface area contributed by atoms with Crippen molar-refractivity contribution in [1.29, 1.82) is 0 Å². The fraction of sp³-hybridized carbons (Fsp3) is 0.571. The molecule has 0 heterocycles. The molecule has 0 radical (unpaired) electrons. The number of hydrogen-bond donors (Lipinski definition) is 1. The molecular weight excluding hydrogens is 267 g/mol. The van der Waals surface area contributed by atoms with E-state index >= 15 is 0 Å². The molecule has 0 aliphatic rings. The average molecular weight is 291 g/mol. The normalized spacial score (nSPS) is 12.2. The molecule has 0 saturated carbocycles. The van der Waals surface area contributed by atoms with Gasteiger partial charge in [0.05, 0.1) is 0 Å². The average Bonchev–Trinajstić information content (AvgIpc) is 2.25. The van der Waals surface area contributed by atoms with E-state index in [1.165, 1.54) is 0 Å². The van der Waals surface area contributed by atoms with E-state index in [2.05, 4.69) is 19.9 Å². The molecule has 1 aromatic carbocycles. The minimum Gasteiger partial charge on any atom is -0.378 e. The minimum absolute atomic E-state index is 0. The van der Waals surface area contributed by atoms with Gasteiger partial charge in [-0.1, -0.05) is 31.5 Å². The molecule has 0 aromatic heterocycles. The first-order valence-electron chi connectivity index (χ1n) is 6.14. The summed E-state index contributed by atoms with van der Waals surface area (Å²) < 4.78 is 0. The van der Waals surface area contributed by atoms with Gasteiger partial charge in [-0.3, -0.25) is 0 Å². The van der Waals surface area contributed by atoms with Crippen molar-refractivity contribution >= 4 is 29.7 Å². The summed E-state index contributed by atoms with van der Waals surface area (Å²) in [7, 11) is 4.01. The van der Waals surface area contributed by atoms with E-state index in [-0.39, 0.29) is 18.4 Å². The molecule has 0 amide bonds. The monoisotopic (exact) mass is 290 g/mol. The molecule has 4 heteroatoms. The van der Waals surface area contributed by atoms with Gasteiger partial charge in [-0.25, -0.2) is 0 Å². The number of benzene rings is 1. The van der Waals surface area contributed by atoms with E-state index in [1.54, 1.807) is 0 Å². The molecule has 0 saturated heterocycles. The molecule has 18 heavy (non-hydrogen) atoms. The summed E-state index contributed by atoms with van der Waals surface area (Å²) in [5, 5.41) is 0.771. The number of nitrogens with two attached hydrogens (primary N) is 1. The van der Waals surface area contributed by atoms with E-state index < -0.39 is 0 Å². The predicted molar refractivity (Wildman–Crippen MR) is 84.0 cm³/mol. The summed E-state index contributed by atoms with van der Waals surface area (Å²) in [5.41, 5.74) is 8.33. The quantitative estimate of drug-likeness (QED) is 0.878. The van der Waals surface area contributed by atoms with Crippen LogP contribution in [0.15, 0.2) is 18.2 Å². The number of anilines is 1. The molecule has 0 spiro atoms. The summed E-state index contributed by atoms with van der Waals surface area (Å²) in [5.74, 6) is 0.681. The maximum absolute atomic E-state index is 6.28. The fourth-order valence-electron chi connectivity index (χ4n) is 1.76. The summed E-state index contributed by atoms with van der Waals surface area (Å²) in [6, 6.07) is 6.13. The molecule has 0 aliphatic carbocycles. The maximum Gasteiger partial charge on any atom is 0.0474 e. The Morgan fingerprint density at radius 1 is 1.22 bits per heavy atom. The van der Waals surface area contributed by atoms with Crippen molar-refractivity contribution in [2.24, 2.45) is 11.7 Å². The molecule has 0 bridgehead atoms. The van der Waals surface area contributed by atoms with Crippen LogP contribution < -0.4 is 10.6 Å². The summed E-state index contributed by atoms with van der Waals surface area (Å²) >= 11 is 6.28. The third kappa shape index (κ3) is 5.05. The Hall–Kier alpha value is -0.440. The Morgan fingerprint density at radius 3 is 2.28 bits per heavy atom. The standard InChI is InChI=1S/C14H23ClN2.ClH/c1-10(2)5-8-14(16)12-7-6-11(17(3)4)9-13(12)15;/h6-7,9-10,14H,5,8,16H2,1-4H3;1H/t14-;/m1./s1. The summed E-state index contributed by atoms with van der Waals surface area (Å²) in [4.78, 5) is 2.04. The second-order valence-electron chi connectivity index (χ2n) is 5.18. The molecule has 0 fully saturated rings. The van der Waals surface area contributed by atoms with E-state index in [1.807, 2.05) is 31.1 Å². The van der Waals surface area contributed by atoms with Gasteiger partial charge in [-0.2, -0.15) is 0 Å². The largest absolute Gasteiger partial charge is 0.378 e. The number of nitrogens with zero attached hydrogens (tertiary/aromatic N) is 1. The zero-order valence-corrected chi connectivity index (χ0v) is 13.2. The first-order chi connectivity index (χ1) is 7.91. The molecule has 1 rings (SSSR count). The van der Waals surface area contributed by atoms with Crippen molar-refractivity contribution in [3.8, 4) is 0 Å². The molecule has 104 valence electrons. The van der Waals surface area contributed by atoms with E-state index in [4.69, 9.17) is 17.3 Å². The van der Waals surface area contributed by atoms with Crippen molar-refractivity contribution < 1.29 is 0 Å². The third-order valence-corrected chi connectivity index (χ3v) is 3.28. The van der Waals surface area contributed by atoms with Crippen LogP contribution in [0.25, 0.3) is 0 Å². The van der Waals surface area contributed by atoms with Gasteiger partial charge in [0.1, 0.15) is 0 Å². The number of hydrogen-bond acceptors (Lipinski definition) is 2. The highest BCUT2D eigenvalue weighted by Crippen LogP contribution is 2.29. The summed E-state index contributed by atoms with van der Waals surface area (Å²) in [6.45, 7) is 4.42. The minimum atomic E-state index is 0. The Bertz CT molecular complexity index is 365. The van der Waals surface area contributed by atoms with Gasteiger partial charge in [0.25, 0.3) is 0 Å². The van der Waals surface area contributed by atoms with Crippen LogP contribution in [0.2, 0.25) is 5.02 Å². The van der Waals surface area contributed by atoms with Crippen molar-refractivity contribution in [1.82, 2.24) is 0 Å². The fourth-order valence-corrected chi connectivity index (χ4v) is 2.08. The maximum atomic E-state index is 6.28. The van der Waals surface area contributed by atoms with Crippen LogP contribution in [0.4, 0.5) is 5.69 Å². The van der Waals surface area contributed by atoms with Gasteiger partial charge in [0.15, 0.2) is 0 Å². The SMILES string of the molecule is CC(C)CC[C@@H](N)c1ccc(N(C)C)cc1Cl.Cl. The Labute approximate surface area is 122 Å².